The smallest absolute Gasteiger partial charge is 0.127 e. The van der Waals surface area contributed by atoms with Crippen molar-refractivity contribution in [3.8, 4) is 11.5 Å². The molecule has 0 spiro atoms. The fraction of sp³-hybridized carbons (Fsp3) is 0.600. The van der Waals surface area contributed by atoms with Crippen LogP contribution in [-0.4, -0.2) is 33.0 Å². The minimum absolute atomic E-state index is 0.0142. The van der Waals surface area contributed by atoms with E-state index in [2.05, 4.69) is 12.2 Å². The van der Waals surface area contributed by atoms with Crippen LogP contribution in [0.3, 0.4) is 0 Å². The van der Waals surface area contributed by atoms with E-state index in [1.807, 2.05) is 18.2 Å². The van der Waals surface area contributed by atoms with E-state index >= 15 is 0 Å². The number of ether oxygens (including phenoxy) is 3. The lowest BCUT2D eigenvalue weighted by atomic mass is 10.0. The fourth-order valence-electron chi connectivity index (χ4n) is 2.44. The van der Waals surface area contributed by atoms with Crippen molar-refractivity contribution in [3.63, 3.8) is 0 Å². The molecule has 4 heteroatoms. The molecular formula is C15H23NO3. The number of hydrogen-bond donors (Lipinski definition) is 1. The lowest BCUT2D eigenvalue weighted by Gasteiger charge is -2.23. The van der Waals surface area contributed by atoms with Gasteiger partial charge in [-0.05, 0) is 25.8 Å². The number of methoxy groups -OCH3 is 2. The van der Waals surface area contributed by atoms with Gasteiger partial charge in [-0.3, -0.25) is 0 Å². The standard InChI is InChI=1S/C15H23NO3/c1-15(7-4-8-19-15)11-16-10-12-5-6-13(17-2)9-14(12)18-3/h5-6,9,16H,4,7-8,10-11H2,1-3H3. The molecule has 1 aromatic carbocycles. The van der Waals surface area contributed by atoms with Gasteiger partial charge in [-0.1, -0.05) is 6.07 Å². The highest BCUT2D eigenvalue weighted by atomic mass is 16.5. The summed E-state index contributed by atoms with van der Waals surface area (Å²) in [6, 6.07) is 5.89. The number of nitrogens with one attached hydrogen (secondary N) is 1. The maximum absolute atomic E-state index is 5.76. The summed E-state index contributed by atoms with van der Waals surface area (Å²) in [4.78, 5) is 0. The zero-order chi connectivity index (χ0) is 13.7. The van der Waals surface area contributed by atoms with Crippen molar-refractivity contribution < 1.29 is 14.2 Å². The van der Waals surface area contributed by atoms with E-state index in [0.29, 0.717) is 0 Å². The predicted molar refractivity (Wildman–Crippen MR) is 74.8 cm³/mol. The van der Waals surface area contributed by atoms with Gasteiger partial charge in [-0.25, -0.2) is 0 Å². The Hall–Kier alpha value is -1.26. The molecule has 19 heavy (non-hydrogen) atoms. The highest BCUT2D eigenvalue weighted by molar-refractivity contribution is 5.40. The molecule has 1 N–H and O–H groups in total. The van der Waals surface area contributed by atoms with Gasteiger partial charge in [0.15, 0.2) is 0 Å². The van der Waals surface area contributed by atoms with Gasteiger partial charge in [0.05, 0.1) is 19.8 Å². The molecule has 4 nitrogen and oxygen atoms in total. The second-order valence-electron chi connectivity index (χ2n) is 5.18. The summed E-state index contributed by atoms with van der Waals surface area (Å²) < 4.78 is 16.3. The van der Waals surface area contributed by atoms with Crippen molar-refractivity contribution in [2.75, 3.05) is 27.4 Å². The average molecular weight is 265 g/mol. The molecule has 1 aliphatic rings. The summed E-state index contributed by atoms with van der Waals surface area (Å²) in [6.45, 7) is 4.68. The molecule has 1 aromatic rings. The third-order valence-corrected chi connectivity index (χ3v) is 3.61. The van der Waals surface area contributed by atoms with Gasteiger partial charge in [0.1, 0.15) is 11.5 Å². The average Bonchev–Trinajstić information content (AvgIpc) is 2.86. The molecule has 106 valence electrons. The van der Waals surface area contributed by atoms with Crippen molar-refractivity contribution in [3.05, 3.63) is 23.8 Å². The summed E-state index contributed by atoms with van der Waals surface area (Å²) in [5.41, 5.74) is 1.12. The Bertz CT molecular complexity index is 414. The third-order valence-electron chi connectivity index (χ3n) is 3.61. The van der Waals surface area contributed by atoms with Crippen LogP contribution in [0, 0.1) is 0 Å². The number of rotatable bonds is 6. The Morgan fingerprint density at radius 3 is 2.79 bits per heavy atom. The molecule has 0 aromatic heterocycles. The molecule has 0 saturated carbocycles. The van der Waals surface area contributed by atoms with Crippen LogP contribution in [0.5, 0.6) is 11.5 Å². The van der Waals surface area contributed by atoms with Crippen molar-refractivity contribution in [2.45, 2.75) is 31.9 Å². The van der Waals surface area contributed by atoms with Crippen LogP contribution < -0.4 is 14.8 Å². The van der Waals surface area contributed by atoms with E-state index in [1.165, 1.54) is 0 Å². The van der Waals surface area contributed by atoms with E-state index in [1.54, 1.807) is 14.2 Å². The molecule has 1 saturated heterocycles. The van der Waals surface area contributed by atoms with Gasteiger partial charge in [0.2, 0.25) is 0 Å². The Labute approximate surface area is 115 Å². The van der Waals surface area contributed by atoms with Crippen LogP contribution in [0.25, 0.3) is 0 Å². The maximum atomic E-state index is 5.76. The van der Waals surface area contributed by atoms with Crippen LogP contribution in [0.1, 0.15) is 25.3 Å². The minimum atomic E-state index is -0.0142. The molecule has 1 unspecified atom stereocenters. The molecule has 1 fully saturated rings. The van der Waals surface area contributed by atoms with E-state index in [-0.39, 0.29) is 5.60 Å². The van der Waals surface area contributed by atoms with Crippen LogP contribution in [0.2, 0.25) is 0 Å². The summed E-state index contributed by atoms with van der Waals surface area (Å²) in [6.07, 6.45) is 2.28. The Balaban J connectivity index is 1.91. The highest BCUT2D eigenvalue weighted by Gasteiger charge is 2.29. The van der Waals surface area contributed by atoms with E-state index in [4.69, 9.17) is 14.2 Å². The zero-order valence-corrected chi connectivity index (χ0v) is 12.0. The summed E-state index contributed by atoms with van der Waals surface area (Å²) in [5.74, 6) is 1.66. The molecule has 2 rings (SSSR count). The van der Waals surface area contributed by atoms with Gasteiger partial charge in [0, 0.05) is 31.3 Å². The minimum Gasteiger partial charge on any atom is -0.497 e. The molecule has 0 amide bonds. The normalized spacial score (nSPS) is 22.5. The van der Waals surface area contributed by atoms with Crippen LogP contribution >= 0.6 is 0 Å². The summed E-state index contributed by atoms with van der Waals surface area (Å²) >= 11 is 0. The predicted octanol–water partition coefficient (Wildman–Crippen LogP) is 2.36. The van der Waals surface area contributed by atoms with Crippen molar-refractivity contribution in [1.29, 1.82) is 0 Å². The van der Waals surface area contributed by atoms with Crippen LogP contribution in [0.15, 0.2) is 18.2 Å². The van der Waals surface area contributed by atoms with E-state index in [0.717, 1.165) is 49.6 Å². The SMILES string of the molecule is COc1ccc(CNCC2(C)CCCO2)c(OC)c1. The van der Waals surface area contributed by atoms with E-state index < -0.39 is 0 Å². The quantitative estimate of drug-likeness (QED) is 0.857. The lowest BCUT2D eigenvalue weighted by molar-refractivity contribution is 0.0206. The summed E-state index contributed by atoms with van der Waals surface area (Å²) in [7, 11) is 3.34. The van der Waals surface area contributed by atoms with Crippen LogP contribution in [-0.2, 0) is 11.3 Å². The maximum Gasteiger partial charge on any atom is 0.127 e. The third kappa shape index (κ3) is 3.61. The molecule has 0 radical (unpaired) electrons. The van der Waals surface area contributed by atoms with Gasteiger partial charge in [-0.2, -0.15) is 0 Å². The molecule has 0 bridgehead atoms. The first kappa shape index (κ1) is 14.2. The van der Waals surface area contributed by atoms with Gasteiger partial charge in [0.25, 0.3) is 0 Å². The van der Waals surface area contributed by atoms with E-state index in [9.17, 15) is 0 Å². The largest absolute Gasteiger partial charge is 0.497 e. The zero-order valence-electron chi connectivity index (χ0n) is 12.0. The van der Waals surface area contributed by atoms with Crippen molar-refractivity contribution in [1.82, 2.24) is 5.32 Å². The molecule has 1 aliphatic heterocycles. The summed E-state index contributed by atoms with van der Waals surface area (Å²) in [5, 5.41) is 3.45. The Kier molecular flexibility index (Phi) is 4.66. The first-order chi connectivity index (χ1) is 9.17. The first-order valence-corrected chi connectivity index (χ1v) is 6.72. The molecular weight excluding hydrogens is 242 g/mol. The van der Waals surface area contributed by atoms with Crippen LogP contribution in [0.4, 0.5) is 0 Å². The van der Waals surface area contributed by atoms with Crippen molar-refractivity contribution in [2.24, 2.45) is 0 Å². The monoisotopic (exact) mass is 265 g/mol. The number of benzene rings is 1. The molecule has 0 aliphatic carbocycles. The molecule has 1 heterocycles. The lowest BCUT2D eigenvalue weighted by Crippen LogP contribution is -2.36. The topological polar surface area (TPSA) is 39.7 Å². The highest BCUT2D eigenvalue weighted by Crippen LogP contribution is 2.26. The first-order valence-electron chi connectivity index (χ1n) is 6.72. The van der Waals surface area contributed by atoms with Crippen molar-refractivity contribution >= 4 is 0 Å². The van der Waals surface area contributed by atoms with Gasteiger partial charge >= 0.3 is 0 Å². The van der Waals surface area contributed by atoms with Gasteiger partial charge < -0.3 is 19.5 Å². The number of hydrogen-bond acceptors (Lipinski definition) is 4. The Morgan fingerprint density at radius 1 is 1.32 bits per heavy atom. The second-order valence-corrected chi connectivity index (χ2v) is 5.18. The van der Waals surface area contributed by atoms with Gasteiger partial charge in [-0.15, -0.1) is 0 Å². The Morgan fingerprint density at radius 2 is 2.16 bits per heavy atom. The molecule has 1 atom stereocenters. The second kappa shape index (κ2) is 6.26. The fourth-order valence-corrected chi connectivity index (χ4v) is 2.44.